The molecular formula is C17H18N2O. The molecule has 0 saturated heterocycles. The summed E-state index contributed by atoms with van der Waals surface area (Å²) in [4.78, 5) is 18.1. The molecule has 0 saturated carbocycles. The van der Waals surface area contributed by atoms with Crippen LogP contribution in [0.15, 0.2) is 59.6 Å². The largest absolute Gasteiger partial charge is 0.378 e. The number of hydrogen-bond donors (Lipinski definition) is 0. The first kappa shape index (κ1) is 14.0. The maximum Gasteiger partial charge on any atom is 0.184 e. The molecule has 0 aliphatic heterocycles. The van der Waals surface area contributed by atoms with Crippen molar-refractivity contribution >= 4 is 17.7 Å². The molecule has 0 unspecified atom stereocenters. The molecule has 0 heterocycles. The minimum Gasteiger partial charge on any atom is -0.378 e. The Hall–Kier alpha value is -2.42. The summed E-state index contributed by atoms with van der Waals surface area (Å²) in [5.41, 5.74) is 2.84. The molecule has 0 atom stereocenters. The topological polar surface area (TPSA) is 32.7 Å². The molecule has 0 aliphatic rings. The Morgan fingerprint density at radius 1 is 1.05 bits per heavy atom. The Morgan fingerprint density at radius 3 is 2.30 bits per heavy atom. The predicted molar refractivity (Wildman–Crippen MR) is 84.0 cm³/mol. The summed E-state index contributed by atoms with van der Waals surface area (Å²) >= 11 is 0. The van der Waals surface area contributed by atoms with Crippen molar-refractivity contribution in [2.24, 2.45) is 4.99 Å². The maximum atomic E-state index is 11.9. The van der Waals surface area contributed by atoms with Crippen LogP contribution < -0.4 is 4.90 Å². The molecule has 0 fully saturated rings. The van der Waals surface area contributed by atoms with Crippen LogP contribution >= 0.6 is 0 Å². The number of ketones is 1. The number of anilines is 1. The SMILES string of the molecule is CN(C)c1ccc(C=NCC(=O)c2ccccc2)cc1. The fraction of sp³-hybridized carbons (Fsp3) is 0.176. The molecule has 0 N–H and O–H groups in total. The highest BCUT2D eigenvalue weighted by molar-refractivity contribution is 5.98. The van der Waals surface area contributed by atoms with Crippen molar-refractivity contribution < 1.29 is 4.79 Å². The number of rotatable bonds is 5. The van der Waals surface area contributed by atoms with Gasteiger partial charge in [-0.2, -0.15) is 0 Å². The zero-order valence-electron chi connectivity index (χ0n) is 11.8. The lowest BCUT2D eigenvalue weighted by atomic mass is 10.1. The van der Waals surface area contributed by atoms with Crippen LogP contribution in [0, 0.1) is 0 Å². The van der Waals surface area contributed by atoms with E-state index < -0.39 is 0 Å². The van der Waals surface area contributed by atoms with Crippen molar-refractivity contribution in [2.45, 2.75) is 0 Å². The number of carbonyl (C=O) groups is 1. The van der Waals surface area contributed by atoms with E-state index >= 15 is 0 Å². The Labute approximate surface area is 119 Å². The minimum atomic E-state index is 0.0340. The number of benzene rings is 2. The fourth-order valence-corrected chi connectivity index (χ4v) is 1.81. The molecule has 20 heavy (non-hydrogen) atoms. The molecule has 3 nitrogen and oxygen atoms in total. The van der Waals surface area contributed by atoms with E-state index in [-0.39, 0.29) is 12.3 Å². The van der Waals surface area contributed by atoms with E-state index in [2.05, 4.69) is 4.99 Å². The lowest BCUT2D eigenvalue weighted by Crippen LogP contribution is -2.08. The Morgan fingerprint density at radius 2 is 1.70 bits per heavy atom. The third-order valence-corrected chi connectivity index (χ3v) is 2.98. The van der Waals surface area contributed by atoms with Gasteiger partial charge in [0.05, 0.1) is 0 Å². The summed E-state index contributed by atoms with van der Waals surface area (Å²) < 4.78 is 0. The summed E-state index contributed by atoms with van der Waals surface area (Å²) in [6.07, 6.45) is 1.74. The third-order valence-electron chi connectivity index (χ3n) is 2.98. The van der Waals surface area contributed by atoms with Crippen molar-refractivity contribution in [2.75, 3.05) is 25.5 Å². The van der Waals surface area contributed by atoms with Gasteiger partial charge in [-0.1, -0.05) is 42.5 Å². The summed E-state index contributed by atoms with van der Waals surface area (Å²) in [5.74, 6) is 0.0340. The molecule has 3 heteroatoms. The van der Waals surface area contributed by atoms with Crippen molar-refractivity contribution in [3.63, 3.8) is 0 Å². The molecule has 0 aliphatic carbocycles. The van der Waals surface area contributed by atoms with Gasteiger partial charge < -0.3 is 4.90 Å². The van der Waals surface area contributed by atoms with Gasteiger partial charge in [0, 0.05) is 31.6 Å². The van der Waals surface area contributed by atoms with Crippen molar-refractivity contribution in [1.82, 2.24) is 0 Å². The first-order chi connectivity index (χ1) is 9.66. The lowest BCUT2D eigenvalue weighted by Gasteiger charge is -2.11. The molecule has 2 rings (SSSR count). The molecule has 2 aromatic rings. The van der Waals surface area contributed by atoms with Crippen LogP contribution in [0.25, 0.3) is 0 Å². The molecular weight excluding hydrogens is 248 g/mol. The number of aliphatic imine (C=N–C) groups is 1. The van der Waals surface area contributed by atoms with Crippen LogP contribution in [0.1, 0.15) is 15.9 Å². The monoisotopic (exact) mass is 266 g/mol. The van der Waals surface area contributed by atoms with Gasteiger partial charge in [0.25, 0.3) is 0 Å². The lowest BCUT2D eigenvalue weighted by molar-refractivity contribution is 0.100. The van der Waals surface area contributed by atoms with E-state index in [1.807, 2.05) is 73.6 Å². The number of nitrogens with zero attached hydrogens (tertiary/aromatic N) is 2. The van der Waals surface area contributed by atoms with E-state index in [0.29, 0.717) is 5.56 Å². The van der Waals surface area contributed by atoms with E-state index in [1.165, 1.54) is 0 Å². The summed E-state index contributed by atoms with van der Waals surface area (Å²) in [6.45, 7) is 0.180. The van der Waals surface area contributed by atoms with Crippen LogP contribution in [-0.4, -0.2) is 32.6 Å². The maximum absolute atomic E-state index is 11.9. The molecule has 0 radical (unpaired) electrons. The fourth-order valence-electron chi connectivity index (χ4n) is 1.81. The van der Waals surface area contributed by atoms with Gasteiger partial charge in [-0.3, -0.25) is 9.79 Å². The number of hydrogen-bond acceptors (Lipinski definition) is 3. The number of carbonyl (C=O) groups excluding carboxylic acids is 1. The predicted octanol–water partition coefficient (Wildman–Crippen LogP) is 3.05. The van der Waals surface area contributed by atoms with Crippen LogP contribution in [-0.2, 0) is 0 Å². The Bertz CT molecular complexity index is 586. The standard InChI is InChI=1S/C17H18N2O/c1-19(2)16-10-8-14(9-11-16)12-18-13-17(20)15-6-4-3-5-7-15/h3-12H,13H2,1-2H3. The van der Waals surface area contributed by atoms with Crippen molar-refractivity contribution in [3.8, 4) is 0 Å². The summed E-state index contributed by atoms with van der Waals surface area (Å²) in [7, 11) is 4.00. The highest BCUT2D eigenvalue weighted by atomic mass is 16.1. The molecule has 0 aromatic heterocycles. The third kappa shape index (κ3) is 3.79. The van der Waals surface area contributed by atoms with Crippen LogP contribution in [0.2, 0.25) is 0 Å². The van der Waals surface area contributed by atoms with Gasteiger partial charge in [0.15, 0.2) is 5.78 Å². The average molecular weight is 266 g/mol. The molecule has 0 spiro atoms. The Balaban J connectivity index is 1.95. The summed E-state index contributed by atoms with van der Waals surface area (Å²) in [6, 6.07) is 17.3. The average Bonchev–Trinajstić information content (AvgIpc) is 2.48. The molecule has 102 valence electrons. The zero-order chi connectivity index (χ0) is 14.4. The smallest absolute Gasteiger partial charge is 0.184 e. The van der Waals surface area contributed by atoms with Gasteiger partial charge in [-0.25, -0.2) is 0 Å². The molecule has 2 aromatic carbocycles. The molecule has 0 bridgehead atoms. The second-order valence-electron chi connectivity index (χ2n) is 4.74. The Kier molecular flexibility index (Phi) is 4.66. The zero-order valence-corrected chi connectivity index (χ0v) is 11.8. The first-order valence-electron chi connectivity index (χ1n) is 6.52. The summed E-state index contributed by atoms with van der Waals surface area (Å²) in [5, 5.41) is 0. The van der Waals surface area contributed by atoms with E-state index in [9.17, 15) is 4.79 Å². The van der Waals surface area contributed by atoms with E-state index in [0.717, 1.165) is 11.3 Å². The van der Waals surface area contributed by atoms with Gasteiger partial charge in [-0.05, 0) is 17.7 Å². The highest BCUT2D eigenvalue weighted by Gasteiger charge is 2.02. The first-order valence-corrected chi connectivity index (χ1v) is 6.52. The second kappa shape index (κ2) is 6.66. The van der Waals surface area contributed by atoms with Gasteiger partial charge in [0.1, 0.15) is 6.54 Å². The van der Waals surface area contributed by atoms with Crippen LogP contribution in [0.3, 0.4) is 0 Å². The van der Waals surface area contributed by atoms with E-state index in [4.69, 9.17) is 0 Å². The van der Waals surface area contributed by atoms with Crippen LogP contribution in [0.5, 0.6) is 0 Å². The second-order valence-corrected chi connectivity index (χ2v) is 4.74. The number of Topliss-reactive ketones (excluding diaryl/α,β-unsaturated/α-hetero) is 1. The van der Waals surface area contributed by atoms with Crippen molar-refractivity contribution in [1.29, 1.82) is 0 Å². The van der Waals surface area contributed by atoms with Gasteiger partial charge in [0.2, 0.25) is 0 Å². The quantitative estimate of drug-likeness (QED) is 0.615. The van der Waals surface area contributed by atoms with E-state index in [1.54, 1.807) is 6.21 Å². The van der Waals surface area contributed by atoms with Crippen LogP contribution in [0.4, 0.5) is 5.69 Å². The molecule has 0 amide bonds. The van der Waals surface area contributed by atoms with Gasteiger partial charge in [-0.15, -0.1) is 0 Å². The van der Waals surface area contributed by atoms with Gasteiger partial charge >= 0.3 is 0 Å². The highest BCUT2D eigenvalue weighted by Crippen LogP contribution is 2.11. The normalized spacial score (nSPS) is 10.7. The van der Waals surface area contributed by atoms with Crippen molar-refractivity contribution in [3.05, 3.63) is 65.7 Å². The minimum absolute atomic E-state index is 0.0340.